The molecule has 18 heavy (non-hydrogen) atoms. The molecule has 0 radical (unpaired) electrons. The molecule has 0 aromatic heterocycles. The Labute approximate surface area is 102 Å². The van der Waals surface area contributed by atoms with Crippen LogP contribution in [0.3, 0.4) is 0 Å². The van der Waals surface area contributed by atoms with Crippen molar-refractivity contribution >= 4 is 34.7 Å². The zero-order valence-electron chi connectivity index (χ0n) is 9.43. The largest absolute Gasteiger partial charge is 0.298 e. The molecule has 0 atom stereocenters. The highest BCUT2D eigenvalue weighted by molar-refractivity contribution is 6.53. The highest BCUT2D eigenvalue weighted by atomic mass is 16.2. The van der Waals surface area contributed by atoms with Crippen LogP contribution >= 0.6 is 0 Å². The summed E-state index contributed by atoms with van der Waals surface area (Å²) in [6, 6.07) is 0. The molecule has 0 N–H and O–H groups in total. The third kappa shape index (κ3) is 1.83. The van der Waals surface area contributed by atoms with E-state index in [2.05, 4.69) is 0 Å². The quantitative estimate of drug-likeness (QED) is 0.481. The van der Waals surface area contributed by atoms with Gasteiger partial charge in [-0.15, -0.1) is 0 Å². The fourth-order valence-corrected chi connectivity index (χ4v) is 2.30. The molecule has 94 valence electrons. The molecule has 2 rings (SSSR count). The Morgan fingerprint density at radius 1 is 0.611 bits per heavy atom. The van der Waals surface area contributed by atoms with Gasteiger partial charge in [-0.05, 0) is 0 Å². The highest BCUT2D eigenvalue weighted by Crippen LogP contribution is 2.24. The molecule has 0 aromatic rings. The molecule has 2 aliphatic carbocycles. The number of hydrogen-bond donors (Lipinski definition) is 0. The van der Waals surface area contributed by atoms with Crippen molar-refractivity contribution in [1.29, 1.82) is 0 Å². The van der Waals surface area contributed by atoms with Gasteiger partial charge in [-0.1, -0.05) is 0 Å². The van der Waals surface area contributed by atoms with Crippen molar-refractivity contribution in [2.24, 2.45) is 11.8 Å². The Balaban J connectivity index is 2.21. The van der Waals surface area contributed by atoms with E-state index in [1.807, 2.05) is 0 Å². The van der Waals surface area contributed by atoms with Gasteiger partial charge >= 0.3 is 0 Å². The number of rotatable bonds is 3. The van der Waals surface area contributed by atoms with E-state index >= 15 is 0 Å². The summed E-state index contributed by atoms with van der Waals surface area (Å²) in [7, 11) is 0. The summed E-state index contributed by atoms with van der Waals surface area (Å²) in [5.74, 6) is -7.97. The SMILES string of the molecule is O=C1CCC(=O)C1C(=O)C(=O)C1C(=O)CCC1=O. The molecule has 0 aromatic carbocycles. The fourth-order valence-electron chi connectivity index (χ4n) is 2.30. The first-order valence-corrected chi connectivity index (χ1v) is 5.62. The zero-order valence-corrected chi connectivity index (χ0v) is 9.43. The molecule has 6 heteroatoms. The molecular weight excluding hydrogens is 240 g/mol. The lowest BCUT2D eigenvalue weighted by molar-refractivity contribution is -0.149. The Kier molecular flexibility index (Phi) is 3.02. The van der Waals surface area contributed by atoms with E-state index in [1.54, 1.807) is 0 Å². The van der Waals surface area contributed by atoms with E-state index in [9.17, 15) is 28.8 Å². The maximum atomic E-state index is 11.7. The molecule has 2 aliphatic rings. The predicted molar refractivity (Wildman–Crippen MR) is 55.5 cm³/mol. The topological polar surface area (TPSA) is 102 Å². The van der Waals surface area contributed by atoms with Crippen LogP contribution in [0.1, 0.15) is 25.7 Å². The number of Topliss-reactive ketones (excluding diaryl/α,β-unsaturated/α-hetero) is 6. The number of carbonyl (C=O) groups is 6. The number of carbonyl (C=O) groups excluding carboxylic acids is 6. The molecule has 6 nitrogen and oxygen atoms in total. The molecule has 0 bridgehead atoms. The van der Waals surface area contributed by atoms with E-state index in [0.29, 0.717) is 0 Å². The molecule has 2 fully saturated rings. The minimum Gasteiger partial charge on any atom is -0.298 e. The molecule has 0 aliphatic heterocycles. The smallest absolute Gasteiger partial charge is 0.217 e. The van der Waals surface area contributed by atoms with Gasteiger partial charge in [-0.25, -0.2) is 0 Å². The van der Waals surface area contributed by atoms with Gasteiger partial charge in [-0.2, -0.15) is 0 Å². The standard InChI is InChI=1S/C12H10O6/c13-5-1-2-6(14)9(5)11(17)12(18)10-7(15)3-4-8(10)16/h9-10H,1-4H2. The minimum atomic E-state index is -1.58. The van der Waals surface area contributed by atoms with E-state index < -0.39 is 46.5 Å². The van der Waals surface area contributed by atoms with Crippen molar-refractivity contribution in [3.8, 4) is 0 Å². The molecular formula is C12H10O6. The lowest BCUT2D eigenvalue weighted by atomic mass is 9.89. The minimum absolute atomic E-state index is 0.0604. The van der Waals surface area contributed by atoms with Crippen molar-refractivity contribution in [2.75, 3.05) is 0 Å². The van der Waals surface area contributed by atoms with Crippen molar-refractivity contribution in [2.45, 2.75) is 25.7 Å². The Bertz CT molecular complexity index is 423. The van der Waals surface area contributed by atoms with Gasteiger partial charge in [-0.3, -0.25) is 28.8 Å². The van der Waals surface area contributed by atoms with Crippen LogP contribution in [0.15, 0.2) is 0 Å². The first-order chi connectivity index (χ1) is 8.43. The average Bonchev–Trinajstić information content (AvgIpc) is 2.81. The van der Waals surface area contributed by atoms with Crippen molar-refractivity contribution < 1.29 is 28.8 Å². The van der Waals surface area contributed by atoms with E-state index in [0.717, 1.165) is 0 Å². The summed E-state index contributed by atoms with van der Waals surface area (Å²) < 4.78 is 0. The van der Waals surface area contributed by atoms with Gasteiger partial charge in [0.1, 0.15) is 11.8 Å². The van der Waals surface area contributed by atoms with Crippen molar-refractivity contribution in [3.05, 3.63) is 0 Å². The third-order valence-corrected chi connectivity index (χ3v) is 3.29. The normalized spacial score (nSPS) is 22.0. The summed E-state index contributed by atoms with van der Waals surface area (Å²) >= 11 is 0. The van der Waals surface area contributed by atoms with E-state index in [1.165, 1.54) is 0 Å². The molecule has 0 unspecified atom stereocenters. The van der Waals surface area contributed by atoms with Gasteiger partial charge in [0.05, 0.1) is 0 Å². The van der Waals surface area contributed by atoms with Crippen LogP contribution < -0.4 is 0 Å². The van der Waals surface area contributed by atoms with Gasteiger partial charge < -0.3 is 0 Å². The second-order valence-electron chi connectivity index (χ2n) is 4.46. The first kappa shape index (κ1) is 12.5. The highest BCUT2D eigenvalue weighted by Gasteiger charge is 2.48. The van der Waals surface area contributed by atoms with E-state index in [4.69, 9.17) is 0 Å². The van der Waals surface area contributed by atoms with Crippen LogP contribution in [0.25, 0.3) is 0 Å². The number of ketones is 6. The van der Waals surface area contributed by atoms with Gasteiger partial charge in [0.15, 0.2) is 23.1 Å². The lowest BCUT2D eigenvalue weighted by Crippen LogP contribution is -2.38. The number of hydrogen-bond acceptors (Lipinski definition) is 6. The summed E-state index contributed by atoms with van der Waals surface area (Å²) in [6.07, 6.45) is -0.242. The van der Waals surface area contributed by atoms with E-state index in [-0.39, 0.29) is 25.7 Å². The third-order valence-electron chi connectivity index (χ3n) is 3.29. The van der Waals surface area contributed by atoms with Gasteiger partial charge in [0, 0.05) is 25.7 Å². The summed E-state index contributed by atoms with van der Waals surface area (Å²) in [6.45, 7) is 0. The maximum absolute atomic E-state index is 11.7. The van der Waals surface area contributed by atoms with Crippen molar-refractivity contribution in [3.63, 3.8) is 0 Å². The lowest BCUT2D eigenvalue weighted by Gasteiger charge is -2.08. The molecule has 0 saturated heterocycles. The summed E-state index contributed by atoms with van der Waals surface area (Å²) in [5, 5.41) is 0. The molecule has 0 heterocycles. The van der Waals surface area contributed by atoms with Crippen LogP contribution in [0, 0.1) is 11.8 Å². The average molecular weight is 250 g/mol. The Morgan fingerprint density at radius 2 is 0.833 bits per heavy atom. The summed E-state index contributed by atoms with van der Waals surface area (Å²) in [5.41, 5.74) is 0. The zero-order chi connectivity index (χ0) is 13.4. The molecule has 0 amide bonds. The predicted octanol–water partition coefficient (Wildman–Crippen LogP) is -0.779. The second kappa shape index (κ2) is 4.36. The van der Waals surface area contributed by atoms with Crippen LogP contribution in [-0.2, 0) is 28.8 Å². The Morgan fingerprint density at radius 3 is 1.06 bits per heavy atom. The molecule has 2 saturated carbocycles. The summed E-state index contributed by atoms with van der Waals surface area (Å²) in [4.78, 5) is 68.9. The first-order valence-electron chi connectivity index (χ1n) is 5.62. The fraction of sp³-hybridized carbons (Fsp3) is 0.500. The van der Waals surface area contributed by atoms with Gasteiger partial charge in [0.25, 0.3) is 0 Å². The van der Waals surface area contributed by atoms with Crippen molar-refractivity contribution in [1.82, 2.24) is 0 Å². The van der Waals surface area contributed by atoms with Crippen LogP contribution in [0.5, 0.6) is 0 Å². The van der Waals surface area contributed by atoms with Gasteiger partial charge in [0.2, 0.25) is 11.6 Å². The second-order valence-corrected chi connectivity index (χ2v) is 4.46. The monoisotopic (exact) mass is 250 g/mol. The molecule has 0 spiro atoms. The van der Waals surface area contributed by atoms with Crippen LogP contribution in [-0.4, -0.2) is 34.7 Å². The van der Waals surface area contributed by atoms with Crippen LogP contribution in [0.2, 0.25) is 0 Å². The van der Waals surface area contributed by atoms with Crippen LogP contribution in [0.4, 0.5) is 0 Å². The Hall–Kier alpha value is -1.98. The maximum Gasteiger partial charge on any atom is 0.217 e.